The molecule has 2 fully saturated rings. The maximum absolute atomic E-state index is 13.0. The highest BCUT2D eigenvalue weighted by Crippen LogP contribution is 2.38. The molecule has 25 heavy (non-hydrogen) atoms. The molecule has 1 aliphatic carbocycles. The molecule has 1 aliphatic heterocycles. The third-order valence-corrected chi connectivity index (χ3v) is 6.33. The average molecular weight is 402 g/mol. The smallest absolute Gasteiger partial charge is 0.226 e. The van der Waals surface area contributed by atoms with E-state index in [2.05, 4.69) is 17.0 Å². The fourth-order valence-electron chi connectivity index (χ4n) is 4.01. The van der Waals surface area contributed by atoms with Crippen LogP contribution in [-0.2, 0) is 4.79 Å². The molecule has 1 amide bonds. The summed E-state index contributed by atoms with van der Waals surface area (Å²) < 4.78 is 1.21. The van der Waals surface area contributed by atoms with Crippen molar-refractivity contribution >= 4 is 52.3 Å². The molecule has 0 bridgehead atoms. The van der Waals surface area contributed by atoms with Gasteiger partial charge >= 0.3 is 0 Å². The number of para-hydroxylation sites is 1. The second kappa shape index (κ2) is 8.67. The van der Waals surface area contributed by atoms with E-state index in [0.717, 1.165) is 55.6 Å². The van der Waals surface area contributed by atoms with Gasteiger partial charge in [0.15, 0.2) is 0 Å². The summed E-state index contributed by atoms with van der Waals surface area (Å²) in [4.78, 5) is 19.9. The van der Waals surface area contributed by atoms with Gasteiger partial charge in [-0.15, -0.1) is 36.2 Å². The maximum atomic E-state index is 13.0. The predicted octanol–water partition coefficient (Wildman–Crippen LogP) is 4.32. The van der Waals surface area contributed by atoms with Gasteiger partial charge in [-0.05, 0) is 44.2 Å². The summed E-state index contributed by atoms with van der Waals surface area (Å²) in [7, 11) is 0. The molecule has 4 rings (SSSR count). The van der Waals surface area contributed by atoms with Crippen molar-refractivity contribution in [3.05, 3.63) is 29.3 Å². The van der Waals surface area contributed by atoms with E-state index in [-0.39, 0.29) is 42.8 Å². The van der Waals surface area contributed by atoms with E-state index in [1.54, 1.807) is 11.3 Å². The van der Waals surface area contributed by atoms with Gasteiger partial charge in [0.2, 0.25) is 5.91 Å². The molecule has 2 aliphatic rings. The first-order chi connectivity index (χ1) is 11.2. The molecule has 0 radical (unpaired) electrons. The minimum absolute atomic E-state index is 0. The number of thiazole rings is 1. The summed E-state index contributed by atoms with van der Waals surface area (Å²) in [5, 5.41) is 1.09. The molecule has 4 nitrogen and oxygen atoms in total. The number of halogens is 2. The summed E-state index contributed by atoms with van der Waals surface area (Å²) in [6.07, 6.45) is 6.09. The zero-order chi connectivity index (χ0) is 15.8. The Morgan fingerprint density at radius 3 is 2.72 bits per heavy atom. The van der Waals surface area contributed by atoms with Crippen LogP contribution < -0.4 is 5.73 Å². The second-order valence-electron chi connectivity index (χ2n) is 6.83. The average Bonchev–Trinajstić information content (AvgIpc) is 3.20. The van der Waals surface area contributed by atoms with E-state index in [1.165, 1.54) is 4.70 Å². The van der Waals surface area contributed by atoms with E-state index < -0.39 is 0 Å². The lowest BCUT2D eigenvalue weighted by Gasteiger charge is -2.31. The van der Waals surface area contributed by atoms with Gasteiger partial charge in [-0.25, -0.2) is 4.98 Å². The first-order valence-electron chi connectivity index (χ1n) is 8.64. The molecule has 7 heteroatoms. The summed E-state index contributed by atoms with van der Waals surface area (Å²) >= 11 is 1.73. The highest BCUT2D eigenvalue weighted by Gasteiger charge is 2.36. The molecule has 1 aromatic carbocycles. The van der Waals surface area contributed by atoms with E-state index >= 15 is 0 Å². The van der Waals surface area contributed by atoms with Crippen LogP contribution >= 0.6 is 36.2 Å². The van der Waals surface area contributed by atoms with E-state index in [4.69, 9.17) is 10.7 Å². The Bertz CT molecular complexity index is 690. The number of nitrogens with two attached hydrogens (primary N) is 1. The van der Waals surface area contributed by atoms with Gasteiger partial charge in [0.1, 0.15) is 5.01 Å². The molecule has 1 aromatic heterocycles. The normalized spacial score (nSPS) is 26.1. The van der Waals surface area contributed by atoms with Crippen molar-refractivity contribution in [1.82, 2.24) is 9.88 Å². The zero-order valence-corrected chi connectivity index (χ0v) is 16.5. The topological polar surface area (TPSA) is 59.2 Å². The summed E-state index contributed by atoms with van der Waals surface area (Å²) in [5.41, 5.74) is 7.12. The lowest BCUT2D eigenvalue weighted by Crippen LogP contribution is -2.40. The molecular weight excluding hydrogens is 377 g/mol. The third kappa shape index (κ3) is 4.11. The molecule has 3 atom stereocenters. The Balaban J connectivity index is 0.00000113. The Morgan fingerprint density at radius 1 is 1.16 bits per heavy atom. The first kappa shape index (κ1) is 20.4. The SMILES string of the molecule is Cl.Cl.NC1CCCC(C(=O)N2CCCC2c2nc3ccccc3s2)C1. The van der Waals surface area contributed by atoms with Crippen LogP contribution in [0.1, 0.15) is 49.6 Å². The minimum atomic E-state index is 0. The van der Waals surface area contributed by atoms with Crippen molar-refractivity contribution in [1.29, 1.82) is 0 Å². The Hall–Kier alpha value is -0.880. The van der Waals surface area contributed by atoms with Gasteiger partial charge in [0.05, 0.1) is 16.3 Å². The van der Waals surface area contributed by atoms with Crippen LogP contribution in [0.25, 0.3) is 10.2 Å². The molecule has 3 unspecified atom stereocenters. The fourth-order valence-corrected chi connectivity index (χ4v) is 5.12. The van der Waals surface area contributed by atoms with Crippen molar-refractivity contribution in [3.8, 4) is 0 Å². The highest BCUT2D eigenvalue weighted by molar-refractivity contribution is 7.18. The molecular formula is C18H25Cl2N3OS. The predicted molar refractivity (Wildman–Crippen MR) is 108 cm³/mol. The fraction of sp³-hybridized carbons (Fsp3) is 0.556. The molecule has 1 saturated carbocycles. The standard InChI is InChI=1S/C18H23N3OS.2ClH/c19-13-6-3-5-12(11-13)18(22)21-10-4-8-15(21)17-20-14-7-1-2-9-16(14)23-17;;/h1-2,7,9,12-13,15H,3-6,8,10-11,19H2;2*1H. The number of rotatable bonds is 2. The molecule has 2 heterocycles. The maximum Gasteiger partial charge on any atom is 0.226 e. The number of hydrogen-bond donors (Lipinski definition) is 1. The number of likely N-dealkylation sites (tertiary alicyclic amines) is 1. The van der Waals surface area contributed by atoms with Gasteiger partial charge in [0, 0.05) is 18.5 Å². The zero-order valence-electron chi connectivity index (χ0n) is 14.1. The number of amides is 1. The number of carbonyl (C=O) groups excluding carboxylic acids is 1. The van der Waals surface area contributed by atoms with Gasteiger partial charge in [0.25, 0.3) is 0 Å². The minimum Gasteiger partial charge on any atom is -0.333 e. The van der Waals surface area contributed by atoms with E-state index in [9.17, 15) is 4.79 Å². The first-order valence-corrected chi connectivity index (χ1v) is 9.45. The highest BCUT2D eigenvalue weighted by atomic mass is 35.5. The molecule has 1 saturated heterocycles. The van der Waals surface area contributed by atoms with Crippen molar-refractivity contribution < 1.29 is 4.79 Å². The van der Waals surface area contributed by atoms with Crippen molar-refractivity contribution in [2.75, 3.05) is 6.54 Å². The second-order valence-corrected chi connectivity index (χ2v) is 7.90. The van der Waals surface area contributed by atoms with Gasteiger partial charge in [-0.1, -0.05) is 18.6 Å². The van der Waals surface area contributed by atoms with Gasteiger partial charge in [-0.2, -0.15) is 0 Å². The number of nitrogens with zero attached hydrogens (tertiary/aromatic N) is 2. The van der Waals surface area contributed by atoms with Gasteiger partial charge in [-0.3, -0.25) is 4.79 Å². The molecule has 2 aromatic rings. The summed E-state index contributed by atoms with van der Waals surface area (Å²) in [6.45, 7) is 0.866. The molecule has 2 N–H and O–H groups in total. The lowest BCUT2D eigenvalue weighted by atomic mass is 9.85. The van der Waals surface area contributed by atoms with Gasteiger partial charge < -0.3 is 10.6 Å². The van der Waals surface area contributed by atoms with Crippen LogP contribution in [0.2, 0.25) is 0 Å². The quantitative estimate of drug-likeness (QED) is 0.814. The number of fused-ring (bicyclic) bond motifs is 1. The van der Waals surface area contributed by atoms with Crippen LogP contribution in [0.15, 0.2) is 24.3 Å². The lowest BCUT2D eigenvalue weighted by molar-refractivity contribution is -0.137. The number of aromatic nitrogens is 1. The van der Waals surface area contributed by atoms with Crippen LogP contribution in [0.5, 0.6) is 0 Å². The number of hydrogen-bond acceptors (Lipinski definition) is 4. The van der Waals surface area contributed by atoms with Crippen molar-refractivity contribution in [2.45, 2.75) is 50.6 Å². The third-order valence-electron chi connectivity index (χ3n) is 5.20. The van der Waals surface area contributed by atoms with Crippen LogP contribution in [0.3, 0.4) is 0 Å². The summed E-state index contributed by atoms with van der Waals surface area (Å²) in [5.74, 6) is 0.427. The number of carbonyl (C=O) groups is 1. The van der Waals surface area contributed by atoms with Crippen LogP contribution in [-0.4, -0.2) is 28.4 Å². The van der Waals surface area contributed by atoms with E-state index in [1.807, 2.05) is 12.1 Å². The Kier molecular flexibility index (Phi) is 7.09. The molecule has 0 spiro atoms. The van der Waals surface area contributed by atoms with Crippen LogP contribution in [0.4, 0.5) is 0 Å². The van der Waals surface area contributed by atoms with Crippen molar-refractivity contribution in [3.63, 3.8) is 0 Å². The molecule has 138 valence electrons. The number of benzene rings is 1. The Morgan fingerprint density at radius 2 is 1.96 bits per heavy atom. The van der Waals surface area contributed by atoms with Crippen molar-refractivity contribution in [2.24, 2.45) is 11.7 Å². The monoisotopic (exact) mass is 401 g/mol. The Labute approximate surface area is 165 Å². The van der Waals surface area contributed by atoms with E-state index in [0.29, 0.717) is 5.91 Å². The summed E-state index contributed by atoms with van der Waals surface area (Å²) in [6, 6.07) is 8.59. The van der Waals surface area contributed by atoms with Crippen LogP contribution in [0, 0.1) is 5.92 Å². The largest absolute Gasteiger partial charge is 0.333 e.